The van der Waals surface area contributed by atoms with Gasteiger partial charge in [-0.1, -0.05) is 19.1 Å². The monoisotopic (exact) mass is 364 g/mol. The Labute approximate surface area is 155 Å². The second-order valence-corrected chi connectivity index (χ2v) is 7.82. The summed E-state index contributed by atoms with van der Waals surface area (Å²) < 4.78 is 6.10. The molecular weight excluding hydrogens is 344 g/mol. The van der Waals surface area contributed by atoms with Crippen LogP contribution in [0.1, 0.15) is 43.0 Å². The maximum absolute atomic E-state index is 6.10. The average Bonchev–Trinajstić information content (AvgIpc) is 3.31. The highest BCUT2D eigenvalue weighted by atomic mass is 32.1. The molecule has 1 fully saturated rings. The fourth-order valence-corrected chi connectivity index (χ4v) is 4.70. The summed E-state index contributed by atoms with van der Waals surface area (Å²) in [5, 5.41) is 1.15. The number of thiophene rings is 1. The molecule has 26 heavy (non-hydrogen) atoms. The van der Waals surface area contributed by atoms with Gasteiger partial charge >= 0.3 is 0 Å². The van der Waals surface area contributed by atoms with Crippen LogP contribution in [0.15, 0.2) is 41.1 Å². The van der Waals surface area contributed by atoms with E-state index in [0.29, 0.717) is 0 Å². The van der Waals surface area contributed by atoms with Crippen LogP contribution in [0, 0.1) is 0 Å². The van der Waals surface area contributed by atoms with E-state index in [4.69, 9.17) is 9.40 Å². The predicted octanol–water partition coefficient (Wildman–Crippen LogP) is 5.13. The van der Waals surface area contributed by atoms with E-state index in [9.17, 15) is 0 Å². The smallest absolute Gasteiger partial charge is 0.218 e. The van der Waals surface area contributed by atoms with Gasteiger partial charge in [0, 0.05) is 11.4 Å². The van der Waals surface area contributed by atoms with Gasteiger partial charge < -0.3 is 9.32 Å². The first-order chi connectivity index (χ1) is 12.8. The highest BCUT2D eigenvalue weighted by Crippen LogP contribution is 2.39. The normalized spacial score (nSPS) is 18.0. The lowest BCUT2D eigenvalue weighted by Crippen LogP contribution is -2.34. The van der Waals surface area contributed by atoms with Crippen molar-refractivity contribution in [3.8, 4) is 0 Å². The largest absolute Gasteiger partial charge is 0.438 e. The van der Waals surface area contributed by atoms with Crippen molar-refractivity contribution in [3.63, 3.8) is 0 Å². The van der Waals surface area contributed by atoms with Gasteiger partial charge in [0.05, 0.1) is 5.39 Å². The highest BCUT2D eigenvalue weighted by Gasteiger charge is 2.30. The first-order valence-electron chi connectivity index (χ1n) is 9.19. The number of hydrogen-bond acceptors (Lipinski definition) is 6. The Balaban J connectivity index is 1.61. The lowest BCUT2D eigenvalue weighted by Gasteiger charge is -2.34. The van der Waals surface area contributed by atoms with Gasteiger partial charge in [0.1, 0.15) is 28.5 Å². The molecular formula is C20H20N4OS. The Kier molecular flexibility index (Phi) is 3.85. The van der Waals surface area contributed by atoms with Crippen LogP contribution < -0.4 is 4.90 Å². The summed E-state index contributed by atoms with van der Waals surface area (Å²) in [5.41, 5.74) is 1.77. The lowest BCUT2D eigenvalue weighted by molar-refractivity contribution is 0.390. The Bertz CT molecular complexity index is 1040. The summed E-state index contributed by atoms with van der Waals surface area (Å²) in [4.78, 5) is 18.7. The molecule has 0 radical (unpaired) electrons. The third-order valence-electron chi connectivity index (χ3n) is 5.08. The minimum Gasteiger partial charge on any atom is -0.438 e. The molecule has 1 saturated heterocycles. The molecule has 5 nitrogen and oxygen atoms in total. The summed E-state index contributed by atoms with van der Waals surface area (Å²) >= 11 is 1.76. The number of nitrogens with zero attached hydrogens (tertiary/aromatic N) is 4. The highest BCUT2D eigenvalue weighted by molar-refractivity contribution is 7.18. The molecule has 3 aromatic heterocycles. The molecule has 6 heteroatoms. The minimum atomic E-state index is 0.124. The molecule has 4 aromatic rings. The van der Waals surface area contributed by atoms with E-state index in [2.05, 4.69) is 27.9 Å². The Hall–Kier alpha value is -2.47. The lowest BCUT2D eigenvalue weighted by atomic mass is 10.0. The van der Waals surface area contributed by atoms with Crippen molar-refractivity contribution >= 4 is 38.5 Å². The molecule has 1 aliphatic rings. The van der Waals surface area contributed by atoms with E-state index in [-0.39, 0.29) is 6.04 Å². The van der Waals surface area contributed by atoms with Crippen molar-refractivity contribution in [3.05, 3.63) is 47.4 Å². The number of oxazole rings is 1. The van der Waals surface area contributed by atoms with Crippen molar-refractivity contribution in [2.45, 2.75) is 38.6 Å². The Morgan fingerprint density at radius 3 is 3.04 bits per heavy atom. The molecule has 1 aliphatic heterocycles. The average molecular weight is 364 g/mol. The minimum absolute atomic E-state index is 0.124. The van der Waals surface area contributed by atoms with Crippen LogP contribution in [-0.4, -0.2) is 21.5 Å². The third-order valence-corrected chi connectivity index (χ3v) is 6.27. The van der Waals surface area contributed by atoms with E-state index in [0.717, 1.165) is 58.8 Å². The zero-order chi connectivity index (χ0) is 17.5. The van der Waals surface area contributed by atoms with Crippen LogP contribution in [0.2, 0.25) is 0 Å². The van der Waals surface area contributed by atoms with Gasteiger partial charge in [-0.2, -0.15) is 0 Å². The van der Waals surface area contributed by atoms with E-state index in [1.54, 1.807) is 17.7 Å². The summed E-state index contributed by atoms with van der Waals surface area (Å²) in [6.07, 6.45) is 6.08. The van der Waals surface area contributed by atoms with Crippen molar-refractivity contribution in [2.24, 2.45) is 0 Å². The fraction of sp³-hybridized carbons (Fsp3) is 0.350. The summed E-state index contributed by atoms with van der Waals surface area (Å²) in [6.45, 7) is 3.15. The SMILES string of the molecule is CCc1cc2c(N3CCCC[C@@H]3c3nc4ccccc4o3)ncnc2s1. The predicted molar refractivity (Wildman–Crippen MR) is 105 cm³/mol. The van der Waals surface area contributed by atoms with Crippen LogP contribution in [0.3, 0.4) is 0 Å². The zero-order valence-corrected chi connectivity index (χ0v) is 15.5. The number of rotatable bonds is 3. The van der Waals surface area contributed by atoms with Crippen molar-refractivity contribution in [1.82, 2.24) is 15.0 Å². The molecule has 0 amide bonds. The van der Waals surface area contributed by atoms with Gasteiger partial charge in [0.15, 0.2) is 5.58 Å². The number of hydrogen-bond donors (Lipinski definition) is 0. The maximum atomic E-state index is 6.10. The summed E-state index contributed by atoms with van der Waals surface area (Å²) in [7, 11) is 0. The molecule has 0 aliphatic carbocycles. The van der Waals surface area contributed by atoms with E-state index < -0.39 is 0 Å². The number of benzene rings is 1. The van der Waals surface area contributed by atoms with Gasteiger partial charge in [-0.3, -0.25) is 0 Å². The third kappa shape index (κ3) is 2.56. The van der Waals surface area contributed by atoms with E-state index >= 15 is 0 Å². The van der Waals surface area contributed by atoms with Gasteiger partial charge in [0.25, 0.3) is 0 Å². The summed E-state index contributed by atoms with van der Waals surface area (Å²) in [5.74, 6) is 1.81. The maximum Gasteiger partial charge on any atom is 0.218 e. The number of piperidine rings is 1. The molecule has 0 saturated carbocycles. The number of anilines is 1. The number of aromatic nitrogens is 3. The van der Waals surface area contributed by atoms with Crippen molar-refractivity contribution in [1.29, 1.82) is 0 Å². The topological polar surface area (TPSA) is 55.1 Å². The zero-order valence-electron chi connectivity index (χ0n) is 14.7. The van der Waals surface area contributed by atoms with Crippen LogP contribution in [0.4, 0.5) is 5.82 Å². The molecule has 132 valence electrons. The number of fused-ring (bicyclic) bond motifs is 2. The molecule has 0 bridgehead atoms. The summed E-state index contributed by atoms with van der Waals surface area (Å²) in [6, 6.07) is 10.3. The van der Waals surface area contributed by atoms with Gasteiger partial charge in [-0.15, -0.1) is 11.3 Å². The second kappa shape index (κ2) is 6.36. The van der Waals surface area contributed by atoms with Crippen LogP contribution in [0.5, 0.6) is 0 Å². The first kappa shape index (κ1) is 15.8. The van der Waals surface area contributed by atoms with Crippen molar-refractivity contribution < 1.29 is 4.42 Å². The Morgan fingerprint density at radius 2 is 2.15 bits per heavy atom. The molecule has 0 spiro atoms. The number of aryl methyl sites for hydroxylation is 1. The van der Waals surface area contributed by atoms with Crippen LogP contribution in [0.25, 0.3) is 21.3 Å². The van der Waals surface area contributed by atoms with Gasteiger partial charge in [-0.05, 0) is 43.9 Å². The van der Waals surface area contributed by atoms with E-state index in [1.807, 2.05) is 24.3 Å². The Morgan fingerprint density at radius 1 is 1.23 bits per heavy atom. The van der Waals surface area contributed by atoms with Gasteiger partial charge in [-0.25, -0.2) is 15.0 Å². The molecule has 1 atom stereocenters. The number of para-hydroxylation sites is 2. The van der Waals surface area contributed by atoms with E-state index in [1.165, 1.54) is 11.3 Å². The van der Waals surface area contributed by atoms with Gasteiger partial charge in [0.2, 0.25) is 5.89 Å². The van der Waals surface area contributed by atoms with Crippen LogP contribution >= 0.6 is 11.3 Å². The quantitative estimate of drug-likeness (QED) is 0.504. The molecule has 0 N–H and O–H groups in total. The molecule has 1 aromatic carbocycles. The second-order valence-electron chi connectivity index (χ2n) is 6.71. The first-order valence-corrected chi connectivity index (χ1v) is 10.0. The van der Waals surface area contributed by atoms with Crippen molar-refractivity contribution in [2.75, 3.05) is 11.4 Å². The fourth-order valence-electron chi connectivity index (χ4n) is 3.77. The molecule has 4 heterocycles. The standard InChI is InChI=1S/C20H20N4OS/c1-2-13-11-14-18(21-12-22-20(14)26-13)24-10-6-5-8-16(24)19-23-15-7-3-4-9-17(15)25-19/h3-4,7,9,11-12,16H,2,5-6,8,10H2,1H3/t16-/m1/s1. The van der Waals surface area contributed by atoms with Crippen LogP contribution in [-0.2, 0) is 6.42 Å². The molecule has 5 rings (SSSR count). The molecule has 0 unspecified atom stereocenters.